The highest BCUT2D eigenvalue weighted by Gasteiger charge is 2.23. The van der Waals surface area contributed by atoms with Gasteiger partial charge in [0.15, 0.2) is 5.96 Å². The number of guanidine groups is 1. The minimum atomic E-state index is 0. The Morgan fingerprint density at radius 1 is 1.12 bits per heavy atom. The highest BCUT2D eigenvalue weighted by Crippen LogP contribution is 2.27. The molecular formula is C20H34IN5. The number of nitrogens with zero attached hydrogens (tertiary/aromatic N) is 4. The quantitative estimate of drug-likeness (QED) is 0.407. The fraction of sp³-hybridized carbons (Fsp3) is 0.650. The van der Waals surface area contributed by atoms with Crippen molar-refractivity contribution in [1.29, 1.82) is 0 Å². The summed E-state index contributed by atoms with van der Waals surface area (Å²) in [4.78, 5) is 12.0. The number of fused-ring (bicyclic) bond motifs is 1. The van der Waals surface area contributed by atoms with Crippen LogP contribution in [0.15, 0.2) is 29.3 Å². The van der Waals surface area contributed by atoms with Crippen molar-refractivity contribution in [3.8, 4) is 0 Å². The zero-order valence-corrected chi connectivity index (χ0v) is 18.8. The fourth-order valence-corrected chi connectivity index (χ4v) is 3.91. The summed E-state index contributed by atoms with van der Waals surface area (Å²) in [6.07, 6.45) is 1.11. The van der Waals surface area contributed by atoms with Crippen LogP contribution in [-0.2, 0) is 6.42 Å². The molecule has 1 fully saturated rings. The number of piperazine rings is 1. The van der Waals surface area contributed by atoms with Gasteiger partial charge in [-0.15, -0.1) is 24.0 Å². The maximum atomic E-state index is 4.52. The van der Waals surface area contributed by atoms with E-state index in [1.807, 2.05) is 7.05 Å². The topological polar surface area (TPSA) is 34.1 Å². The Morgan fingerprint density at radius 2 is 1.81 bits per heavy atom. The predicted molar refractivity (Wildman–Crippen MR) is 122 cm³/mol. The molecule has 0 saturated carbocycles. The molecule has 146 valence electrons. The normalized spacial score (nSPS) is 19.8. The molecule has 1 aromatic carbocycles. The summed E-state index contributed by atoms with van der Waals surface area (Å²) in [5, 5.41) is 3.60. The van der Waals surface area contributed by atoms with Crippen molar-refractivity contribution < 1.29 is 0 Å². The van der Waals surface area contributed by atoms with E-state index in [-0.39, 0.29) is 24.0 Å². The average Bonchev–Trinajstić information content (AvgIpc) is 3.07. The maximum absolute atomic E-state index is 4.52. The van der Waals surface area contributed by atoms with Crippen LogP contribution in [0.5, 0.6) is 0 Å². The molecule has 0 aliphatic carbocycles. The molecule has 5 nitrogen and oxygen atoms in total. The Bertz CT molecular complexity index is 583. The molecule has 2 heterocycles. The summed E-state index contributed by atoms with van der Waals surface area (Å²) >= 11 is 0. The van der Waals surface area contributed by atoms with E-state index in [0.717, 1.165) is 32.0 Å². The number of anilines is 1. The molecule has 1 aromatic rings. The van der Waals surface area contributed by atoms with Crippen LogP contribution in [-0.4, -0.2) is 75.2 Å². The minimum absolute atomic E-state index is 0. The van der Waals surface area contributed by atoms with Gasteiger partial charge in [-0.05, 0) is 30.5 Å². The first kappa shape index (κ1) is 21.4. The lowest BCUT2D eigenvalue weighted by Crippen LogP contribution is -2.49. The smallest absolute Gasteiger partial charge is 0.198 e. The summed E-state index contributed by atoms with van der Waals surface area (Å²) in [5.74, 6) is 1.62. The van der Waals surface area contributed by atoms with Crippen molar-refractivity contribution in [3.63, 3.8) is 0 Å². The Kier molecular flexibility index (Phi) is 8.63. The third kappa shape index (κ3) is 5.33. The lowest BCUT2D eigenvalue weighted by Gasteiger charge is -2.35. The third-order valence-electron chi connectivity index (χ3n) is 5.45. The highest BCUT2D eigenvalue weighted by atomic mass is 127. The van der Waals surface area contributed by atoms with Crippen LogP contribution in [0, 0.1) is 5.92 Å². The van der Waals surface area contributed by atoms with Crippen molar-refractivity contribution in [3.05, 3.63) is 29.8 Å². The van der Waals surface area contributed by atoms with Crippen LogP contribution in [0.25, 0.3) is 0 Å². The molecule has 26 heavy (non-hydrogen) atoms. The van der Waals surface area contributed by atoms with Gasteiger partial charge in [-0.25, -0.2) is 0 Å². The molecule has 2 aliphatic heterocycles. The number of halogens is 1. The number of hydrogen-bond donors (Lipinski definition) is 1. The van der Waals surface area contributed by atoms with E-state index in [2.05, 4.69) is 63.1 Å². The molecule has 0 spiro atoms. The number of para-hydroxylation sites is 1. The number of rotatable bonds is 5. The van der Waals surface area contributed by atoms with Gasteiger partial charge in [0.25, 0.3) is 0 Å². The van der Waals surface area contributed by atoms with Gasteiger partial charge in [0.05, 0.1) is 0 Å². The van der Waals surface area contributed by atoms with Crippen molar-refractivity contribution >= 4 is 35.6 Å². The third-order valence-corrected chi connectivity index (χ3v) is 5.45. The van der Waals surface area contributed by atoms with E-state index in [4.69, 9.17) is 0 Å². The maximum Gasteiger partial charge on any atom is 0.198 e. The SMILES string of the molecule is CCN1CCN(CC(C)CNC(=NC)N2CCc3ccccc32)CC1.I. The Hall–Kier alpha value is -0.860. The lowest BCUT2D eigenvalue weighted by atomic mass is 10.1. The van der Waals surface area contributed by atoms with Crippen molar-refractivity contribution in [2.45, 2.75) is 20.3 Å². The molecule has 1 atom stereocenters. The Balaban J connectivity index is 0.00000243. The van der Waals surface area contributed by atoms with Crippen molar-refractivity contribution in [1.82, 2.24) is 15.1 Å². The molecule has 2 aliphatic rings. The highest BCUT2D eigenvalue weighted by molar-refractivity contribution is 14.0. The molecule has 0 radical (unpaired) electrons. The summed E-state index contributed by atoms with van der Waals surface area (Å²) in [6, 6.07) is 8.66. The number of benzene rings is 1. The number of hydrogen-bond acceptors (Lipinski definition) is 3. The van der Waals surface area contributed by atoms with Gasteiger partial charge in [0, 0.05) is 58.5 Å². The summed E-state index contributed by atoms with van der Waals surface area (Å²) in [6.45, 7) is 13.8. The van der Waals surface area contributed by atoms with Crippen LogP contribution >= 0.6 is 24.0 Å². The van der Waals surface area contributed by atoms with Gasteiger partial charge < -0.3 is 20.0 Å². The molecule has 1 N–H and O–H groups in total. The van der Waals surface area contributed by atoms with Gasteiger partial charge in [0.1, 0.15) is 0 Å². The zero-order valence-electron chi connectivity index (χ0n) is 16.4. The second-order valence-corrected chi connectivity index (χ2v) is 7.30. The molecule has 1 unspecified atom stereocenters. The summed E-state index contributed by atoms with van der Waals surface area (Å²) < 4.78 is 0. The molecule has 0 amide bonds. The van der Waals surface area contributed by atoms with Crippen molar-refractivity contribution in [2.75, 3.05) is 64.3 Å². The second-order valence-electron chi connectivity index (χ2n) is 7.30. The van der Waals surface area contributed by atoms with Crippen LogP contribution in [0.2, 0.25) is 0 Å². The monoisotopic (exact) mass is 471 g/mol. The van der Waals surface area contributed by atoms with E-state index in [1.165, 1.54) is 44.0 Å². The molecule has 0 bridgehead atoms. The van der Waals surface area contributed by atoms with Gasteiger partial charge in [-0.2, -0.15) is 0 Å². The van der Waals surface area contributed by atoms with Gasteiger partial charge in [0.2, 0.25) is 0 Å². The number of likely N-dealkylation sites (N-methyl/N-ethyl adjacent to an activating group) is 1. The first-order valence-corrected chi connectivity index (χ1v) is 9.72. The lowest BCUT2D eigenvalue weighted by molar-refractivity contribution is 0.124. The van der Waals surface area contributed by atoms with Gasteiger partial charge in [-0.3, -0.25) is 4.99 Å². The van der Waals surface area contributed by atoms with E-state index >= 15 is 0 Å². The van der Waals surface area contributed by atoms with E-state index in [0.29, 0.717) is 5.92 Å². The average molecular weight is 471 g/mol. The Labute approximate surface area is 175 Å². The van der Waals surface area contributed by atoms with E-state index < -0.39 is 0 Å². The van der Waals surface area contributed by atoms with E-state index in [9.17, 15) is 0 Å². The zero-order chi connectivity index (χ0) is 17.6. The molecule has 0 aromatic heterocycles. The molecule has 3 rings (SSSR count). The van der Waals surface area contributed by atoms with Crippen LogP contribution in [0.4, 0.5) is 5.69 Å². The van der Waals surface area contributed by atoms with Crippen LogP contribution < -0.4 is 10.2 Å². The van der Waals surface area contributed by atoms with Crippen molar-refractivity contribution in [2.24, 2.45) is 10.9 Å². The minimum Gasteiger partial charge on any atom is -0.356 e. The van der Waals surface area contributed by atoms with Crippen LogP contribution in [0.1, 0.15) is 19.4 Å². The van der Waals surface area contributed by atoms with Crippen LogP contribution in [0.3, 0.4) is 0 Å². The van der Waals surface area contributed by atoms with Gasteiger partial charge >= 0.3 is 0 Å². The predicted octanol–water partition coefficient (Wildman–Crippen LogP) is 2.52. The Morgan fingerprint density at radius 3 is 2.50 bits per heavy atom. The van der Waals surface area contributed by atoms with E-state index in [1.54, 1.807) is 0 Å². The number of nitrogens with one attached hydrogen (secondary N) is 1. The molecular weight excluding hydrogens is 437 g/mol. The summed E-state index contributed by atoms with van der Waals surface area (Å²) in [5.41, 5.74) is 2.73. The first-order chi connectivity index (χ1) is 12.2. The van der Waals surface area contributed by atoms with Gasteiger partial charge in [-0.1, -0.05) is 32.0 Å². The fourth-order valence-electron chi connectivity index (χ4n) is 3.91. The standard InChI is InChI=1S/C20H33N5.HI/c1-4-23-11-13-24(14-12-23)16-17(2)15-22-20(21-3)25-10-9-18-7-5-6-8-19(18)25;/h5-8,17H,4,9-16H2,1-3H3,(H,21,22);1H. The molecule has 1 saturated heterocycles. The molecule has 6 heteroatoms. The largest absolute Gasteiger partial charge is 0.356 e. The summed E-state index contributed by atoms with van der Waals surface area (Å²) in [7, 11) is 1.89. The number of aliphatic imine (C=N–C) groups is 1. The second kappa shape index (κ2) is 10.5. The first-order valence-electron chi connectivity index (χ1n) is 9.72.